The molecule has 27 heavy (non-hydrogen) atoms. The van der Waals surface area contributed by atoms with Crippen molar-refractivity contribution >= 4 is 30.3 Å². The molecule has 3 rings (SSSR count). The number of nitrogens with one attached hydrogen (secondary N) is 3. The Morgan fingerprint density at radius 1 is 1.22 bits per heavy atom. The zero-order chi connectivity index (χ0) is 18.8. The van der Waals surface area contributed by atoms with Gasteiger partial charge in [-0.05, 0) is 30.9 Å². The van der Waals surface area contributed by atoms with Crippen molar-refractivity contribution in [2.24, 2.45) is 11.1 Å². The maximum atomic E-state index is 12.6. The van der Waals surface area contributed by atoms with Gasteiger partial charge in [0.15, 0.2) is 0 Å². The molecular formula is C18H25ClN4O4. The molecule has 1 aromatic rings. The maximum Gasteiger partial charge on any atom is 0.322 e. The summed E-state index contributed by atoms with van der Waals surface area (Å²) in [6, 6.07) is 6.71. The highest BCUT2D eigenvalue weighted by Crippen LogP contribution is 2.29. The van der Waals surface area contributed by atoms with Gasteiger partial charge in [0, 0.05) is 26.3 Å². The van der Waals surface area contributed by atoms with Crippen LogP contribution in [0.5, 0.6) is 0 Å². The molecule has 0 aliphatic carbocycles. The van der Waals surface area contributed by atoms with Gasteiger partial charge < -0.3 is 21.1 Å². The third-order valence-electron chi connectivity index (χ3n) is 5.35. The van der Waals surface area contributed by atoms with Gasteiger partial charge in [-0.15, -0.1) is 12.4 Å². The second-order valence-corrected chi connectivity index (χ2v) is 7.01. The SMILES string of the molecule is CC1(c2ccc(CNC(=O)C3(CN)CCOCC3)cc2)NC(=O)NC1=O.Cl. The minimum atomic E-state index is -1.08. The molecule has 2 aliphatic rings. The Kier molecular flexibility index (Phi) is 6.46. The first-order valence-corrected chi connectivity index (χ1v) is 8.69. The number of imide groups is 1. The molecule has 0 bridgehead atoms. The van der Waals surface area contributed by atoms with Crippen LogP contribution in [0.4, 0.5) is 4.79 Å². The number of hydrogen-bond acceptors (Lipinski definition) is 5. The summed E-state index contributed by atoms with van der Waals surface area (Å²) in [5, 5.41) is 7.82. The van der Waals surface area contributed by atoms with E-state index in [1.54, 1.807) is 19.1 Å². The van der Waals surface area contributed by atoms with Crippen molar-refractivity contribution in [3.63, 3.8) is 0 Å². The summed E-state index contributed by atoms with van der Waals surface area (Å²) < 4.78 is 5.33. The van der Waals surface area contributed by atoms with Gasteiger partial charge in [0.2, 0.25) is 5.91 Å². The van der Waals surface area contributed by atoms with Gasteiger partial charge >= 0.3 is 6.03 Å². The lowest BCUT2D eigenvalue weighted by molar-refractivity contribution is -0.136. The van der Waals surface area contributed by atoms with E-state index >= 15 is 0 Å². The number of carbonyl (C=O) groups is 3. The highest BCUT2D eigenvalue weighted by Gasteiger charge is 2.43. The molecule has 0 radical (unpaired) electrons. The van der Waals surface area contributed by atoms with Crippen LogP contribution in [0.1, 0.15) is 30.9 Å². The second-order valence-electron chi connectivity index (χ2n) is 7.01. The molecule has 1 atom stereocenters. The number of hydrogen-bond donors (Lipinski definition) is 4. The summed E-state index contributed by atoms with van der Waals surface area (Å²) in [4.78, 5) is 35.9. The summed E-state index contributed by atoms with van der Waals surface area (Å²) >= 11 is 0. The molecule has 8 nitrogen and oxygen atoms in total. The normalized spacial score (nSPS) is 23.8. The molecular weight excluding hydrogens is 372 g/mol. The van der Waals surface area contributed by atoms with E-state index in [1.807, 2.05) is 12.1 Å². The Labute approximate surface area is 164 Å². The van der Waals surface area contributed by atoms with Crippen molar-refractivity contribution in [3.8, 4) is 0 Å². The molecule has 4 amide bonds. The van der Waals surface area contributed by atoms with Crippen LogP contribution >= 0.6 is 12.4 Å². The zero-order valence-corrected chi connectivity index (χ0v) is 16.0. The van der Waals surface area contributed by atoms with Crippen LogP contribution in [-0.2, 0) is 26.4 Å². The summed E-state index contributed by atoms with van der Waals surface area (Å²) in [7, 11) is 0. The first-order chi connectivity index (χ1) is 12.4. The topological polar surface area (TPSA) is 123 Å². The van der Waals surface area contributed by atoms with Gasteiger partial charge in [-0.2, -0.15) is 0 Å². The Bertz CT molecular complexity index is 719. The molecule has 2 aliphatic heterocycles. The number of carbonyl (C=O) groups excluding carboxylic acids is 3. The molecule has 2 heterocycles. The van der Waals surface area contributed by atoms with Crippen molar-refractivity contribution in [1.29, 1.82) is 0 Å². The van der Waals surface area contributed by atoms with Crippen molar-refractivity contribution in [2.75, 3.05) is 19.8 Å². The van der Waals surface area contributed by atoms with E-state index in [0.29, 0.717) is 44.7 Å². The second kappa shape index (κ2) is 8.24. The van der Waals surface area contributed by atoms with Gasteiger partial charge in [-0.25, -0.2) is 4.79 Å². The van der Waals surface area contributed by atoms with Crippen LogP contribution in [0.15, 0.2) is 24.3 Å². The van der Waals surface area contributed by atoms with Crippen LogP contribution in [0, 0.1) is 5.41 Å². The van der Waals surface area contributed by atoms with Crippen molar-refractivity contribution in [2.45, 2.75) is 31.8 Å². The molecule has 2 saturated heterocycles. The van der Waals surface area contributed by atoms with Crippen molar-refractivity contribution in [1.82, 2.24) is 16.0 Å². The number of nitrogens with two attached hydrogens (primary N) is 1. The van der Waals surface area contributed by atoms with Gasteiger partial charge in [-0.3, -0.25) is 14.9 Å². The first-order valence-electron chi connectivity index (χ1n) is 8.69. The number of ether oxygens (including phenoxy) is 1. The summed E-state index contributed by atoms with van der Waals surface area (Å²) in [5.41, 5.74) is 5.79. The van der Waals surface area contributed by atoms with Crippen LogP contribution in [-0.4, -0.2) is 37.6 Å². The fourth-order valence-corrected chi connectivity index (χ4v) is 3.36. The van der Waals surface area contributed by atoms with E-state index in [0.717, 1.165) is 5.56 Å². The van der Waals surface area contributed by atoms with E-state index in [-0.39, 0.29) is 24.2 Å². The minimum Gasteiger partial charge on any atom is -0.381 e. The molecule has 5 N–H and O–H groups in total. The number of benzene rings is 1. The van der Waals surface area contributed by atoms with Crippen LogP contribution < -0.4 is 21.7 Å². The monoisotopic (exact) mass is 396 g/mol. The Balaban J connectivity index is 0.00000261. The van der Waals surface area contributed by atoms with Gasteiger partial charge in [0.05, 0.1) is 5.41 Å². The molecule has 0 spiro atoms. The predicted octanol–water partition coefficient (Wildman–Crippen LogP) is 0.535. The third-order valence-corrected chi connectivity index (χ3v) is 5.35. The van der Waals surface area contributed by atoms with Gasteiger partial charge in [0.1, 0.15) is 5.54 Å². The molecule has 0 saturated carbocycles. The quantitative estimate of drug-likeness (QED) is 0.541. The fraction of sp³-hybridized carbons (Fsp3) is 0.500. The summed E-state index contributed by atoms with van der Waals surface area (Å²) in [5.74, 6) is -0.435. The lowest BCUT2D eigenvalue weighted by atomic mass is 9.79. The van der Waals surface area contributed by atoms with E-state index in [1.165, 1.54) is 0 Å². The number of urea groups is 1. The van der Waals surface area contributed by atoms with E-state index < -0.39 is 17.0 Å². The smallest absolute Gasteiger partial charge is 0.322 e. The standard InChI is InChI=1S/C18H24N4O4.ClH/c1-17(14(23)21-16(25)22-17)13-4-2-12(3-5-13)10-20-15(24)18(11-19)6-8-26-9-7-18;/h2-5H,6-11,19H2,1H3,(H,20,24)(H2,21,22,23,25);1H. The average molecular weight is 397 g/mol. The summed E-state index contributed by atoms with van der Waals surface area (Å²) in [6.45, 7) is 3.42. The summed E-state index contributed by atoms with van der Waals surface area (Å²) in [6.07, 6.45) is 1.25. The minimum absolute atomic E-state index is 0. The van der Waals surface area contributed by atoms with Gasteiger partial charge in [0.25, 0.3) is 5.91 Å². The molecule has 1 aromatic carbocycles. The number of rotatable bonds is 5. The van der Waals surface area contributed by atoms with Gasteiger partial charge in [-0.1, -0.05) is 24.3 Å². The lowest BCUT2D eigenvalue weighted by Crippen LogP contribution is -2.49. The van der Waals surface area contributed by atoms with Crippen LogP contribution in [0.3, 0.4) is 0 Å². The number of amides is 4. The zero-order valence-electron chi connectivity index (χ0n) is 15.2. The van der Waals surface area contributed by atoms with E-state index in [4.69, 9.17) is 10.5 Å². The molecule has 0 aromatic heterocycles. The molecule has 9 heteroatoms. The van der Waals surface area contributed by atoms with E-state index in [2.05, 4.69) is 16.0 Å². The van der Waals surface area contributed by atoms with Crippen molar-refractivity contribution in [3.05, 3.63) is 35.4 Å². The van der Waals surface area contributed by atoms with Crippen LogP contribution in [0.25, 0.3) is 0 Å². The lowest BCUT2D eigenvalue weighted by Gasteiger charge is -2.34. The predicted molar refractivity (Wildman–Crippen MR) is 101 cm³/mol. The molecule has 2 fully saturated rings. The maximum absolute atomic E-state index is 12.6. The Hall–Kier alpha value is -2.16. The Morgan fingerprint density at radius 2 is 1.85 bits per heavy atom. The van der Waals surface area contributed by atoms with Crippen LogP contribution in [0.2, 0.25) is 0 Å². The highest BCUT2D eigenvalue weighted by atomic mass is 35.5. The largest absolute Gasteiger partial charge is 0.381 e. The average Bonchev–Trinajstić information content (AvgIpc) is 2.93. The molecule has 1 unspecified atom stereocenters. The molecule has 148 valence electrons. The van der Waals surface area contributed by atoms with Crippen molar-refractivity contribution < 1.29 is 19.1 Å². The third kappa shape index (κ3) is 4.07. The highest BCUT2D eigenvalue weighted by molar-refractivity contribution is 6.07. The van der Waals surface area contributed by atoms with E-state index in [9.17, 15) is 14.4 Å². The first kappa shape index (κ1) is 21.1. The fourth-order valence-electron chi connectivity index (χ4n) is 3.36. The Morgan fingerprint density at radius 3 is 2.37 bits per heavy atom. The number of halogens is 1.